The van der Waals surface area contributed by atoms with E-state index in [1.54, 1.807) is 24.3 Å². The van der Waals surface area contributed by atoms with Crippen LogP contribution in [0.25, 0.3) is 10.9 Å². The predicted octanol–water partition coefficient (Wildman–Crippen LogP) is 3.23. The summed E-state index contributed by atoms with van der Waals surface area (Å²) in [6.45, 7) is -1.58. The number of rotatable bonds is 5. The second-order valence-electron chi connectivity index (χ2n) is 4.27. The van der Waals surface area contributed by atoms with E-state index in [1.165, 1.54) is 6.20 Å². The molecular weight excluding hydrogens is 276 g/mol. The zero-order chi connectivity index (χ0) is 14.8. The first-order chi connectivity index (χ1) is 9.42. The quantitative estimate of drug-likeness (QED) is 0.678. The van der Waals surface area contributed by atoms with Gasteiger partial charge < -0.3 is 10.5 Å². The molecule has 0 spiro atoms. The highest BCUT2D eigenvalue weighted by atomic mass is 19.3. The van der Waals surface area contributed by atoms with Crippen molar-refractivity contribution in [2.24, 2.45) is 0 Å². The lowest BCUT2D eigenvalue weighted by Crippen LogP contribution is -2.32. The van der Waals surface area contributed by atoms with Gasteiger partial charge in [0.2, 0.25) is 0 Å². The summed E-state index contributed by atoms with van der Waals surface area (Å²) in [6, 6.07) is 6.59. The first kappa shape index (κ1) is 14.5. The Morgan fingerprint density at radius 3 is 2.70 bits per heavy atom. The molecule has 0 radical (unpaired) electrons. The molecule has 3 nitrogen and oxygen atoms in total. The molecule has 0 amide bonds. The van der Waals surface area contributed by atoms with Crippen LogP contribution in [-0.4, -0.2) is 23.9 Å². The number of pyridine rings is 1. The fourth-order valence-electron chi connectivity index (χ4n) is 1.73. The van der Waals surface area contributed by atoms with Crippen LogP contribution in [0.5, 0.6) is 0 Å². The highest BCUT2D eigenvalue weighted by molar-refractivity contribution is 5.92. The lowest BCUT2D eigenvalue weighted by atomic mass is 10.1. The van der Waals surface area contributed by atoms with Gasteiger partial charge in [-0.25, -0.2) is 8.78 Å². The van der Waals surface area contributed by atoms with Crippen LogP contribution in [0.3, 0.4) is 0 Å². The van der Waals surface area contributed by atoms with Crippen molar-refractivity contribution < 1.29 is 22.3 Å². The molecule has 0 atom stereocenters. The van der Waals surface area contributed by atoms with Crippen LogP contribution < -0.4 is 5.73 Å². The summed E-state index contributed by atoms with van der Waals surface area (Å²) in [6.07, 6.45) is -2.22. The third kappa shape index (κ3) is 2.98. The van der Waals surface area contributed by atoms with Crippen molar-refractivity contribution in [2.75, 3.05) is 12.3 Å². The average molecular weight is 288 g/mol. The number of alkyl halides is 4. The zero-order valence-corrected chi connectivity index (χ0v) is 10.3. The van der Waals surface area contributed by atoms with E-state index >= 15 is 0 Å². The minimum absolute atomic E-state index is 0.240. The minimum Gasteiger partial charge on any atom is -0.398 e. The molecule has 1 aromatic carbocycles. The molecule has 0 bridgehead atoms. The second kappa shape index (κ2) is 5.62. The van der Waals surface area contributed by atoms with E-state index in [1.807, 2.05) is 0 Å². The Hall–Kier alpha value is -1.89. The van der Waals surface area contributed by atoms with Crippen molar-refractivity contribution in [3.63, 3.8) is 0 Å². The van der Waals surface area contributed by atoms with Gasteiger partial charge in [0.15, 0.2) is 0 Å². The van der Waals surface area contributed by atoms with Crippen molar-refractivity contribution in [3.8, 4) is 0 Å². The third-order valence-corrected chi connectivity index (χ3v) is 2.76. The number of nitrogen functional groups attached to an aromatic ring is 1. The molecule has 0 aliphatic carbocycles. The van der Waals surface area contributed by atoms with Crippen molar-refractivity contribution in [1.29, 1.82) is 0 Å². The molecule has 2 N–H and O–H groups in total. The maximum Gasteiger partial charge on any atom is 0.330 e. The molecular formula is C13H12F4N2O. The number of anilines is 1. The van der Waals surface area contributed by atoms with Gasteiger partial charge in [-0.1, -0.05) is 6.07 Å². The first-order valence-electron chi connectivity index (χ1n) is 5.77. The summed E-state index contributed by atoms with van der Waals surface area (Å²) in [5.41, 5.74) is 7.28. The summed E-state index contributed by atoms with van der Waals surface area (Å²) in [5.74, 6) is -4.16. The van der Waals surface area contributed by atoms with Crippen LogP contribution in [0.15, 0.2) is 30.5 Å². The van der Waals surface area contributed by atoms with Crippen LogP contribution in [0.2, 0.25) is 0 Å². The number of benzene rings is 1. The molecule has 2 rings (SSSR count). The predicted molar refractivity (Wildman–Crippen MR) is 66.8 cm³/mol. The Bertz CT molecular complexity index is 604. The van der Waals surface area contributed by atoms with Crippen LogP contribution in [0.1, 0.15) is 5.56 Å². The van der Waals surface area contributed by atoms with E-state index in [-0.39, 0.29) is 6.61 Å². The third-order valence-electron chi connectivity index (χ3n) is 2.76. The molecule has 0 fully saturated rings. The number of fused-ring (bicyclic) bond motifs is 1. The molecule has 20 heavy (non-hydrogen) atoms. The molecule has 1 aromatic heterocycles. The maximum absolute atomic E-state index is 12.7. The molecule has 108 valence electrons. The van der Waals surface area contributed by atoms with Crippen LogP contribution in [0.4, 0.5) is 23.2 Å². The lowest BCUT2D eigenvalue weighted by Gasteiger charge is -2.15. The Kier molecular flexibility index (Phi) is 4.08. The molecule has 1 heterocycles. The number of hydrogen-bond acceptors (Lipinski definition) is 3. The number of halogens is 4. The summed E-state index contributed by atoms with van der Waals surface area (Å²) in [4.78, 5) is 4.10. The van der Waals surface area contributed by atoms with Crippen LogP contribution >= 0.6 is 0 Å². The van der Waals surface area contributed by atoms with E-state index in [9.17, 15) is 17.6 Å². The van der Waals surface area contributed by atoms with Crippen molar-refractivity contribution in [1.82, 2.24) is 4.98 Å². The number of nitrogens with two attached hydrogens (primary N) is 1. The molecule has 0 unspecified atom stereocenters. The van der Waals surface area contributed by atoms with Crippen LogP contribution in [0, 0.1) is 0 Å². The monoisotopic (exact) mass is 288 g/mol. The summed E-state index contributed by atoms with van der Waals surface area (Å²) >= 11 is 0. The highest BCUT2D eigenvalue weighted by Gasteiger charge is 2.40. The fraction of sp³-hybridized carbons (Fsp3) is 0.308. The average Bonchev–Trinajstić information content (AvgIpc) is 2.41. The van der Waals surface area contributed by atoms with Gasteiger partial charge in [-0.15, -0.1) is 0 Å². The minimum atomic E-state index is -4.16. The van der Waals surface area contributed by atoms with Gasteiger partial charge >= 0.3 is 12.3 Å². The van der Waals surface area contributed by atoms with E-state index in [0.717, 1.165) is 0 Å². The van der Waals surface area contributed by atoms with Crippen molar-refractivity contribution >= 4 is 16.6 Å². The molecule has 0 saturated heterocycles. The number of aromatic nitrogens is 1. The fourth-order valence-corrected chi connectivity index (χ4v) is 1.73. The molecule has 0 saturated carbocycles. The van der Waals surface area contributed by atoms with E-state index in [4.69, 9.17) is 5.73 Å². The topological polar surface area (TPSA) is 48.1 Å². The number of hydrogen-bond donors (Lipinski definition) is 1. The summed E-state index contributed by atoms with van der Waals surface area (Å²) < 4.78 is 54.1. The normalized spacial score (nSPS) is 12.2. The van der Waals surface area contributed by atoms with Crippen molar-refractivity contribution in [3.05, 3.63) is 36.0 Å². The Morgan fingerprint density at radius 2 is 2.00 bits per heavy atom. The standard InChI is InChI=1S/C13H12F4N2O/c14-12(15)13(16,17)7-20-6-8-3-4-10(18)9-2-1-5-19-11(8)9/h1-5,12H,6-7,18H2. The van der Waals surface area contributed by atoms with Gasteiger partial charge in [-0.05, 0) is 18.2 Å². The largest absolute Gasteiger partial charge is 0.398 e. The van der Waals surface area contributed by atoms with Gasteiger partial charge in [-0.3, -0.25) is 4.98 Å². The summed E-state index contributed by atoms with van der Waals surface area (Å²) in [7, 11) is 0. The second-order valence-corrected chi connectivity index (χ2v) is 4.27. The maximum atomic E-state index is 12.7. The Balaban J connectivity index is 2.13. The Labute approximate surface area is 112 Å². The van der Waals surface area contributed by atoms with E-state index in [2.05, 4.69) is 9.72 Å². The molecule has 0 aliphatic heterocycles. The molecule has 0 aliphatic rings. The van der Waals surface area contributed by atoms with E-state index in [0.29, 0.717) is 22.2 Å². The van der Waals surface area contributed by atoms with Crippen LogP contribution in [-0.2, 0) is 11.3 Å². The van der Waals surface area contributed by atoms with E-state index < -0.39 is 19.0 Å². The lowest BCUT2D eigenvalue weighted by molar-refractivity contribution is -0.168. The zero-order valence-electron chi connectivity index (χ0n) is 10.3. The van der Waals surface area contributed by atoms with Crippen molar-refractivity contribution in [2.45, 2.75) is 19.0 Å². The van der Waals surface area contributed by atoms with Gasteiger partial charge in [0, 0.05) is 22.8 Å². The summed E-state index contributed by atoms with van der Waals surface area (Å²) in [5, 5.41) is 0.661. The first-order valence-corrected chi connectivity index (χ1v) is 5.77. The SMILES string of the molecule is Nc1ccc(COCC(F)(F)C(F)F)c2ncccc12. The van der Waals surface area contributed by atoms with Gasteiger partial charge in [0.1, 0.15) is 6.61 Å². The smallest absolute Gasteiger partial charge is 0.330 e. The molecule has 2 aromatic rings. The van der Waals surface area contributed by atoms with Gasteiger partial charge in [0.05, 0.1) is 12.1 Å². The number of ether oxygens (including phenoxy) is 1. The van der Waals surface area contributed by atoms with Gasteiger partial charge in [0.25, 0.3) is 0 Å². The Morgan fingerprint density at radius 1 is 1.25 bits per heavy atom. The number of nitrogens with zero attached hydrogens (tertiary/aromatic N) is 1. The highest BCUT2D eigenvalue weighted by Crippen LogP contribution is 2.25. The molecule has 7 heteroatoms. The van der Waals surface area contributed by atoms with Gasteiger partial charge in [-0.2, -0.15) is 8.78 Å².